The highest BCUT2D eigenvalue weighted by molar-refractivity contribution is 5.93. The Kier molecular flexibility index (Phi) is 5.74. The van der Waals surface area contributed by atoms with Gasteiger partial charge in [0.2, 0.25) is 5.91 Å². The molecule has 3 aromatic heterocycles. The third kappa shape index (κ3) is 4.61. The number of nitrogens with two attached hydrogens (primary N) is 1. The average molecular weight is 464 g/mol. The lowest BCUT2D eigenvalue weighted by atomic mass is 10.00. The zero-order valence-electron chi connectivity index (χ0n) is 19.7. The number of aromatic nitrogens is 3. The minimum atomic E-state index is -0.498. The number of benzene rings is 2. The van der Waals surface area contributed by atoms with Gasteiger partial charge in [0.15, 0.2) is 0 Å². The van der Waals surface area contributed by atoms with Crippen LogP contribution in [0.15, 0.2) is 77.7 Å². The summed E-state index contributed by atoms with van der Waals surface area (Å²) in [5.74, 6) is 0.929. The Morgan fingerprint density at radius 1 is 0.971 bits per heavy atom. The maximum absolute atomic E-state index is 11.5. The molecule has 0 fully saturated rings. The van der Waals surface area contributed by atoms with Gasteiger partial charge in [-0.3, -0.25) is 9.78 Å². The van der Waals surface area contributed by atoms with Crippen molar-refractivity contribution in [3.8, 4) is 22.4 Å². The van der Waals surface area contributed by atoms with Crippen LogP contribution in [0.1, 0.15) is 40.3 Å². The first-order valence-corrected chi connectivity index (χ1v) is 11.3. The summed E-state index contributed by atoms with van der Waals surface area (Å²) < 4.78 is 5.58. The first kappa shape index (κ1) is 22.3. The van der Waals surface area contributed by atoms with E-state index in [1.165, 1.54) is 6.20 Å². The second-order valence-corrected chi connectivity index (χ2v) is 8.63. The van der Waals surface area contributed by atoms with Crippen LogP contribution < -0.4 is 11.1 Å². The predicted molar refractivity (Wildman–Crippen MR) is 137 cm³/mol. The number of rotatable bonds is 6. The maximum Gasteiger partial charge on any atom is 0.250 e. The molecular formula is C28H25N5O2. The summed E-state index contributed by atoms with van der Waals surface area (Å²) in [6, 6.07) is 17.9. The SMILES string of the molecule is Cc1nc(N[C@@H](C)c2cccc(-c3cncc(C(N)=O)c3)c2)cc(-c2ccc3occ(C)c3c2)n1. The topological polar surface area (TPSA) is 107 Å². The van der Waals surface area contributed by atoms with E-state index in [1.807, 2.05) is 44.2 Å². The fourth-order valence-electron chi connectivity index (χ4n) is 4.13. The molecule has 0 saturated carbocycles. The molecule has 0 unspecified atom stereocenters. The molecule has 7 nitrogen and oxygen atoms in total. The number of pyridine rings is 1. The fraction of sp³-hybridized carbons (Fsp3) is 0.143. The summed E-state index contributed by atoms with van der Waals surface area (Å²) in [7, 11) is 0. The Labute approximate surface area is 203 Å². The van der Waals surface area contributed by atoms with Crippen molar-refractivity contribution >= 4 is 22.7 Å². The van der Waals surface area contributed by atoms with E-state index in [9.17, 15) is 4.79 Å². The zero-order valence-corrected chi connectivity index (χ0v) is 19.7. The average Bonchev–Trinajstić information content (AvgIpc) is 3.24. The quantitative estimate of drug-likeness (QED) is 0.328. The van der Waals surface area contributed by atoms with Crippen molar-refractivity contribution in [3.63, 3.8) is 0 Å². The Morgan fingerprint density at radius 3 is 2.66 bits per heavy atom. The van der Waals surface area contributed by atoms with Crippen molar-refractivity contribution in [2.45, 2.75) is 26.8 Å². The molecule has 7 heteroatoms. The van der Waals surface area contributed by atoms with Crippen LogP contribution in [0.5, 0.6) is 0 Å². The van der Waals surface area contributed by atoms with E-state index in [2.05, 4.69) is 45.4 Å². The molecule has 35 heavy (non-hydrogen) atoms. The monoisotopic (exact) mass is 463 g/mol. The number of nitrogens with one attached hydrogen (secondary N) is 1. The van der Waals surface area contributed by atoms with Crippen molar-refractivity contribution in [2.24, 2.45) is 5.73 Å². The van der Waals surface area contributed by atoms with E-state index in [1.54, 1.807) is 18.5 Å². The molecule has 2 aromatic carbocycles. The largest absolute Gasteiger partial charge is 0.464 e. The molecule has 3 N–H and O–H groups in total. The third-order valence-electron chi connectivity index (χ3n) is 6.01. The van der Waals surface area contributed by atoms with Crippen molar-refractivity contribution in [3.05, 3.63) is 95.8 Å². The third-order valence-corrected chi connectivity index (χ3v) is 6.01. The smallest absolute Gasteiger partial charge is 0.250 e. The molecule has 1 amide bonds. The van der Waals surface area contributed by atoms with Gasteiger partial charge in [0.25, 0.3) is 0 Å². The normalized spacial score (nSPS) is 12.0. The van der Waals surface area contributed by atoms with Crippen LogP contribution in [-0.2, 0) is 0 Å². The molecule has 0 bridgehead atoms. The molecule has 5 rings (SSSR count). The second kappa shape index (κ2) is 9.02. The van der Waals surface area contributed by atoms with E-state index in [0.717, 1.165) is 50.3 Å². The number of fused-ring (bicyclic) bond motifs is 1. The predicted octanol–water partition coefficient (Wildman–Crippen LogP) is 5.84. The first-order chi connectivity index (χ1) is 16.9. The number of furan rings is 1. The molecule has 3 heterocycles. The number of primary amides is 1. The highest BCUT2D eigenvalue weighted by Gasteiger charge is 2.12. The lowest BCUT2D eigenvalue weighted by Gasteiger charge is -2.17. The molecule has 0 spiro atoms. The molecule has 174 valence electrons. The number of carbonyl (C=O) groups excluding carboxylic acids is 1. The van der Waals surface area contributed by atoms with Crippen LogP contribution >= 0.6 is 0 Å². The highest BCUT2D eigenvalue weighted by Crippen LogP contribution is 2.29. The molecule has 1 atom stereocenters. The fourth-order valence-corrected chi connectivity index (χ4v) is 4.13. The van der Waals surface area contributed by atoms with Crippen LogP contribution in [0.3, 0.4) is 0 Å². The summed E-state index contributed by atoms with van der Waals surface area (Å²) in [5.41, 5.74) is 12.5. The molecular weight excluding hydrogens is 438 g/mol. The van der Waals surface area contributed by atoms with Crippen molar-refractivity contribution in [1.82, 2.24) is 15.0 Å². The minimum Gasteiger partial charge on any atom is -0.464 e. The molecule has 0 saturated heterocycles. The number of anilines is 1. The Morgan fingerprint density at radius 2 is 1.83 bits per heavy atom. The summed E-state index contributed by atoms with van der Waals surface area (Å²) in [5, 5.41) is 4.58. The summed E-state index contributed by atoms with van der Waals surface area (Å²) >= 11 is 0. The van der Waals surface area contributed by atoms with Gasteiger partial charge in [-0.25, -0.2) is 9.97 Å². The van der Waals surface area contributed by atoms with Crippen LogP contribution in [-0.4, -0.2) is 20.9 Å². The van der Waals surface area contributed by atoms with Crippen LogP contribution in [0.4, 0.5) is 5.82 Å². The molecule has 0 radical (unpaired) electrons. The van der Waals surface area contributed by atoms with Crippen LogP contribution in [0.25, 0.3) is 33.4 Å². The Balaban J connectivity index is 1.42. The summed E-state index contributed by atoms with van der Waals surface area (Å²) in [6.07, 6.45) is 4.96. The summed E-state index contributed by atoms with van der Waals surface area (Å²) in [4.78, 5) is 25.0. The zero-order chi connectivity index (χ0) is 24.5. The van der Waals surface area contributed by atoms with E-state index in [0.29, 0.717) is 11.4 Å². The lowest BCUT2D eigenvalue weighted by molar-refractivity contribution is 0.1000. The van der Waals surface area contributed by atoms with E-state index < -0.39 is 5.91 Å². The van der Waals surface area contributed by atoms with E-state index in [4.69, 9.17) is 10.2 Å². The van der Waals surface area contributed by atoms with Gasteiger partial charge < -0.3 is 15.5 Å². The minimum absolute atomic E-state index is 0.0250. The van der Waals surface area contributed by atoms with Gasteiger partial charge >= 0.3 is 0 Å². The first-order valence-electron chi connectivity index (χ1n) is 11.3. The van der Waals surface area contributed by atoms with Crippen molar-refractivity contribution < 1.29 is 9.21 Å². The summed E-state index contributed by atoms with van der Waals surface area (Å²) in [6.45, 7) is 6.00. The van der Waals surface area contributed by atoms with E-state index in [-0.39, 0.29) is 6.04 Å². The van der Waals surface area contributed by atoms with Gasteiger partial charge in [0.05, 0.1) is 17.5 Å². The van der Waals surface area contributed by atoms with Gasteiger partial charge in [-0.1, -0.05) is 18.2 Å². The molecule has 0 aliphatic carbocycles. The van der Waals surface area contributed by atoms with Gasteiger partial charge in [-0.15, -0.1) is 0 Å². The number of hydrogen-bond acceptors (Lipinski definition) is 6. The number of aryl methyl sites for hydroxylation is 2. The lowest BCUT2D eigenvalue weighted by Crippen LogP contribution is -2.11. The van der Waals surface area contributed by atoms with Gasteiger partial charge in [0, 0.05) is 41.0 Å². The van der Waals surface area contributed by atoms with E-state index >= 15 is 0 Å². The van der Waals surface area contributed by atoms with Crippen LogP contribution in [0.2, 0.25) is 0 Å². The second-order valence-electron chi connectivity index (χ2n) is 8.63. The Bertz CT molecular complexity index is 1560. The highest BCUT2D eigenvalue weighted by atomic mass is 16.3. The number of hydrogen-bond donors (Lipinski definition) is 2. The van der Waals surface area contributed by atoms with Gasteiger partial charge in [-0.2, -0.15) is 0 Å². The molecule has 0 aliphatic rings. The number of amides is 1. The Hall–Kier alpha value is -4.52. The van der Waals surface area contributed by atoms with Gasteiger partial charge in [-0.05, 0) is 67.8 Å². The van der Waals surface area contributed by atoms with Crippen molar-refractivity contribution in [2.75, 3.05) is 5.32 Å². The molecule has 0 aliphatic heterocycles. The molecule has 5 aromatic rings. The number of nitrogens with zero attached hydrogens (tertiary/aromatic N) is 3. The van der Waals surface area contributed by atoms with Gasteiger partial charge in [0.1, 0.15) is 17.2 Å². The van der Waals surface area contributed by atoms with Crippen molar-refractivity contribution in [1.29, 1.82) is 0 Å². The standard InChI is InChI=1S/C28H25N5O2/c1-16-15-35-26-8-7-21(11-24(16)26)25-12-27(33-18(3)32-25)31-17(2)19-5-4-6-20(9-19)22-10-23(28(29)34)14-30-13-22/h4-15,17H,1-3H3,(H2,29,34)(H,31,32,33)/t17-/m0/s1. The maximum atomic E-state index is 11.5. The number of carbonyl (C=O) groups is 1. The van der Waals surface area contributed by atoms with Crippen LogP contribution in [0, 0.1) is 13.8 Å².